The molecule has 11 heteroatoms. The monoisotopic (exact) mass is 534 g/mol. The van der Waals surface area contributed by atoms with Crippen LogP contribution in [0.5, 0.6) is 0 Å². The third-order valence-corrected chi connectivity index (χ3v) is 7.36. The molecule has 194 valence electrons. The summed E-state index contributed by atoms with van der Waals surface area (Å²) < 4.78 is 1.78. The second-order valence-corrected chi connectivity index (χ2v) is 9.83. The van der Waals surface area contributed by atoms with Gasteiger partial charge in [0.2, 0.25) is 11.8 Å². The highest BCUT2D eigenvalue weighted by atomic mass is 35.5. The van der Waals surface area contributed by atoms with Crippen LogP contribution in [0.1, 0.15) is 43.4 Å². The van der Waals surface area contributed by atoms with Gasteiger partial charge in [-0.05, 0) is 31.5 Å². The van der Waals surface area contributed by atoms with Crippen molar-refractivity contribution in [3.63, 3.8) is 0 Å². The summed E-state index contributed by atoms with van der Waals surface area (Å²) in [5.74, 6) is -0.263. The highest BCUT2D eigenvalue weighted by Crippen LogP contribution is 2.41. The Balaban J connectivity index is 1.48. The Morgan fingerprint density at radius 2 is 2.03 bits per heavy atom. The molecular weight excluding hydrogens is 503 g/mol. The Hall–Kier alpha value is -2.59. The van der Waals surface area contributed by atoms with Crippen LogP contribution in [0.25, 0.3) is 22.2 Å². The molecule has 0 spiro atoms. The van der Waals surface area contributed by atoms with E-state index in [1.807, 2.05) is 12.3 Å². The SMILES string of the molecule is NCCCCCCC(=O)NCCn1ccc(-c2cc(Cl)c(Cl)c3[nH]c4c(c23)CN(C(=O)CO)CC4)n1. The lowest BCUT2D eigenvalue weighted by Crippen LogP contribution is -2.37. The van der Waals surface area contributed by atoms with Crippen LogP contribution in [0.3, 0.4) is 0 Å². The Labute approximate surface area is 219 Å². The number of aliphatic hydroxyl groups excluding tert-OH is 1. The summed E-state index contributed by atoms with van der Waals surface area (Å²) in [4.78, 5) is 29.2. The standard InChI is InChI=1S/C25H32Cl2N6O3/c26-18-13-16(20-7-11-33(31-20)12-9-29-21(35)5-3-1-2-4-8-28)23-17-14-32(22(36)15-34)10-6-19(17)30-25(23)24(18)27/h7,11,13,30,34H,1-6,8-10,12,14-15,28H2,(H,29,35). The van der Waals surface area contributed by atoms with E-state index in [0.29, 0.717) is 55.6 Å². The van der Waals surface area contributed by atoms with Gasteiger partial charge in [0.15, 0.2) is 0 Å². The zero-order valence-corrected chi connectivity index (χ0v) is 21.7. The van der Waals surface area contributed by atoms with Gasteiger partial charge in [0.25, 0.3) is 0 Å². The molecule has 0 saturated heterocycles. The molecule has 36 heavy (non-hydrogen) atoms. The number of nitrogens with one attached hydrogen (secondary N) is 2. The van der Waals surface area contributed by atoms with E-state index in [2.05, 4.69) is 10.3 Å². The summed E-state index contributed by atoms with van der Waals surface area (Å²) in [6.07, 6.45) is 6.95. The van der Waals surface area contributed by atoms with Gasteiger partial charge in [-0.25, -0.2) is 0 Å². The van der Waals surface area contributed by atoms with E-state index >= 15 is 0 Å². The first-order valence-corrected chi connectivity index (χ1v) is 13.1. The number of aliphatic hydroxyl groups is 1. The van der Waals surface area contributed by atoms with E-state index in [9.17, 15) is 14.7 Å². The first-order chi connectivity index (χ1) is 17.4. The smallest absolute Gasteiger partial charge is 0.248 e. The molecule has 0 bridgehead atoms. The van der Waals surface area contributed by atoms with Crippen molar-refractivity contribution in [3.8, 4) is 11.3 Å². The maximum absolute atomic E-state index is 12.1. The van der Waals surface area contributed by atoms with Crippen LogP contribution in [0, 0.1) is 0 Å². The zero-order valence-electron chi connectivity index (χ0n) is 20.2. The largest absolute Gasteiger partial charge is 0.387 e. The molecule has 4 rings (SSSR count). The Bertz CT molecular complexity index is 1240. The molecule has 2 amide bonds. The second kappa shape index (κ2) is 12.1. The van der Waals surface area contributed by atoms with Crippen molar-refractivity contribution in [2.24, 2.45) is 5.73 Å². The lowest BCUT2D eigenvalue weighted by molar-refractivity contribution is -0.135. The van der Waals surface area contributed by atoms with Gasteiger partial charge >= 0.3 is 0 Å². The number of hydrogen-bond acceptors (Lipinski definition) is 5. The van der Waals surface area contributed by atoms with Crippen molar-refractivity contribution in [1.29, 1.82) is 0 Å². The third kappa shape index (κ3) is 5.86. The van der Waals surface area contributed by atoms with Gasteiger partial charge in [0.1, 0.15) is 6.61 Å². The number of amides is 2. The molecule has 3 heterocycles. The van der Waals surface area contributed by atoms with Crippen LogP contribution in [-0.4, -0.2) is 62.8 Å². The van der Waals surface area contributed by atoms with Crippen LogP contribution in [0.15, 0.2) is 18.3 Å². The molecule has 9 nitrogen and oxygen atoms in total. The van der Waals surface area contributed by atoms with Crippen LogP contribution < -0.4 is 11.1 Å². The minimum absolute atomic E-state index is 0.0438. The van der Waals surface area contributed by atoms with E-state index < -0.39 is 6.61 Å². The van der Waals surface area contributed by atoms with E-state index in [0.717, 1.165) is 59.1 Å². The number of aromatic nitrogens is 3. The number of rotatable bonds is 11. The molecular formula is C25H32Cl2N6O3. The number of halogens is 2. The highest BCUT2D eigenvalue weighted by molar-refractivity contribution is 6.45. The van der Waals surface area contributed by atoms with Gasteiger partial charge in [0, 0.05) is 60.9 Å². The Morgan fingerprint density at radius 3 is 2.81 bits per heavy atom. The van der Waals surface area contributed by atoms with Gasteiger partial charge in [0.05, 0.1) is 27.8 Å². The van der Waals surface area contributed by atoms with Crippen molar-refractivity contribution < 1.29 is 14.7 Å². The van der Waals surface area contributed by atoms with Crippen LogP contribution in [0.4, 0.5) is 0 Å². The number of nitrogens with two attached hydrogens (primary N) is 1. The fraction of sp³-hybridized carbons (Fsp3) is 0.480. The molecule has 0 fully saturated rings. The molecule has 3 aromatic rings. The summed E-state index contributed by atoms with van der Waals surface area (Å²) in [5, 5.41) is 18.7. The van der Waals surface area contributed by atoms with E-state index in [4.69, 9.17) is 34.0 Å². The van der Waals surface area contributed by atoms with Gasteiger partial charge < -0.3 is 26.0 Å². The Morgan fingerprint density at radius 1 is 1.22 bits per heavy atom. The molecule has 0 saturated carbocycles. The maximum atomic E-state index is 12.1. The van der Waals surface area contributed by atoms with Gasteiger partial charge in [-0.15, -0.1) is 0 Å². The summed E-state index contributed by atoms with van der Waals surface area (Å²) >= 11 is 13.0. The van der Waals surface area contributed by atoms with Crippen LogP contribution in [-0.2, 0) is 29.1 Å². The summed E-state index contributed by atoms with van der Waals surface area (Å²) in [7, 11) is 0. The number of H-pyrrole nitrogens is 1. The topological polar surface area (TPSA) is 129 Å². The van der Waals surface area contributed by atoms with E-state index in [1.54, 1.807) is 15.6 Å². The number of carbonyl (C=O) groups is 2. The molecule has 0 atom stereocenters. The molecule has 1 aromatic carbocycles. The van der Waals surface area contributed by atoms with Crippen molar-refractivity contribution in [2.45, 2.75) is 51.6 Å². The minimum atomic E-state index is -0.521. The molecule has 1 aliphatic heterocycles. The summed E-state index contributed by atoms with van der Waals surface area (Å²) in [6, 6.07) is 3.70. The Kier molecular flexibility index (Phi) is 8.90. The molecule has 1 aliphatic rings. The number of hydrogen-bond donors (Lipinski definition) is 4. The van der Waals surface area contributed by atoms with Crippen molar-refractivity contribution in [3.05, 3.63) is 39.6 Å². The van der Waals surface area contributed by atoms with Crippen molar-refractivity contribution >= 4 is 45.9 Å². The van der Waals surface area contributed by atoms with Crippen molar-refractivity contribution in [2.75, 3.05) is 26.2 Å². The lowest BCUT2D eigenvalue weighted by Gasteiger charge is -2.26. The first-order valence-electron chi connectivity index (χ1n) is 12.3. The minimum Gasteiger partial charge on any atom is -0.387 e. The van der Waals surface area contributed by atoms with Crippen LogP contribution in [0.2, 0.25) is 10.0 Å². The predicted octanol–water partition coefficient (Wildman–Crippen LogP) is 3.24. The number of unbranched alkanes of at least 4 members (excludes halogenated alkanes) is 3. The van der Waals surface area contributed by atoms with Gasteiger partial charge in [-0.3, -0.25) is 14.3 Å². The van der Waals surface area contributed by atoms with Crippen LogP contribution >= 0.6 is 23.2 Å². The molecule has 2 aromatic heterocycles. The zero-order chi connectivity index (χ0) is 25.7. The average molecular weight is 535 g/mol. The fourth-order valence-electron chi connectivity index (χ4n) is 4.67. The molecule has 0 unspecified atom stereocenters. The lowest BCUT2D eigenvalue weighted by atomic mass is 9.99. The highest BCUT2D eigenvalue weighted by Gasteiger charge is 2.27. The molecule has 0 radical (unpaired) electrons. The quantitative estimate of drug-likeness (QED) is 0.280. The number of nitrogens with zero attached hydrogens (tertiary/aromatic N) is 3. The summed E-state index contributed by atoms with van der Waals surface area (Å²) in [5.41, 5.74) is 9.71. The number of benzene rings is 1. The summed E-state index contributed by atoms with van der Waals surface area (Å²) in [6.45, 7) is 2.09. The van der Waals surface area contributed by atoms with Gasteiger partial charge in [-0.1, -0.05) is 36.0 Å². The van der Waals surface area contributed by atoms with Gasteiger partial charge in [-0.2, -0.15) is 5.10 Å². The second-order valence-electron chi connectivity index (χ2n) is 9.04. The number of aromatic amines is 1. The van der Waals surface area contributed by atoms with E-state index in [-0.39, 0.29) is 11.8 Å². The maximum Gasteiger partial charge on any atom is 0.248 e. The fourth-order valence-corrected chi connectivity index (χ4v) is 5.07. The number of fused-ring (bicyclic) bond motifs is 3. The predicted molar refractivity (Wildman–Crippen MR) is 141 cm³/mol. The number of carbonyl (C=O) groups excluding carboxylic acids is 2. The third-order valence-electron chi connectivity index (χ3n) is 6.57. The normalized spacial score (nSPS) is 13.3. The molecule has 0 aliphatic carbocycles. The van der Waals surface area contributed by atoms with Crippen molar-refractivity contribution in [1.82, 2.24) is 25.0 Å². The van der Waals surface area contributed by atoms with E-state index in [1.165, 1.54) is 0 Å². The average Bonchev–Trinajstić information content (AvgIpc) is 3.50. The molecule has 5 N–H and O–H groups in total. The first kappa shape index (κ1) is 26.5.